The third kappa shape index (κ3) is 2.87. The minimum Gasteiger partial charge on any atom is -0.399 e. The second-order valence-electron chi connectivity index (χ2n) is 3.90. The van der Waals surface area contributed by atoms with Gasteiger partial charge in [-0.1, -0.05) is 6.07 Å². The maximum atomic E-state index is 11.9. The van der Waals surface area contributed by atoms with Gasteiger partial charge in [-0.2, -0.15) is 0 Å². The van der Waals surface area contributed by atoms with Gasteiger partial charge in [-0.15, -0.1) is 0 Å². The van der Waals surface area contributed by atoms with E-state index < -0.39 is 0 Å². The van der Waals surface area contributed by atoms with Gasteiger partial charge in [-0.25, -0.2) is 4.98 Å². The van der Waals surface area contributed by atoms with Crippen LogP contribution in [0.5, 0.6) is 0 Å². The Labute approximate surface area is 113 Å². The first-order valence-electron chi connectivity index (χ1n) is 5.35. The Morgan fingerprint density at radius 2 is 2.17 bits per heavy atom. The molecule has 1 aromatic heterocycles. The van der Waals surface area contributed by atoms with E-state index in [1.165, 1.54) is 0 Å². The van der Waals surface area contributed by atoms with Crippen molar-refractivity contribution in [2.45, 2.75) is 6.92 Å². The van der Waals surface area contributed by atoms with E-state index in [0.717, 1.165) is 10.0 Å². The Bertz CT molecular complexity index is 599. The quantitative estimate of drug-likeness (QED) is 0.838. The van der Waals surface area contributed by atoms with Gasteiger partial charge >= 0.3 is 0 Å². The van der Waals surface area contributed by atoms with Gasteiger partial charge in [0.05, 0.1) is 0 Å². The lowest BCUT2D eigenvalue weighted by molar-refractivity contribution is 0.102. The number of nitrogens with one attached hydrogen (secondary N) is 1. The molecule has 0 aliphatic carbocycles. The molecule has 2 rings (SSSR count). The number of nitrogens with zero attached hydrogens (tertiary/aromatic N) is 1. The fraction of sp³-hybridized carbons (Fsp3) is 0.0769. The number of aryl methyl sites for hydroxylation is 1. The molecule has 1 amide bonds. The van der Waals surface area contributed by atoms with Crippen LogP contribution >= 0.6 is 15.9 Å². The Hall–Kier alpha value is -1.88. The number of nitrogens with two attached hydrogens (primary N) is 1. The monoisotopic (exact) mass is 305 g/mol. The van der Waals surface area contributed by atoms with E-state index in [2.05, 4.69) is 26.2 Å². The summed E-state index contributed by atoms with van der Waals surface area (Å²) in [5, 5.41) is 2.73. The summed E-state index contributed by atoms with van der Waals surface area (Å²) in [5.41, 5.74) is 7.71. The summed E-state index contributed by atoms with van der Waals surface area (Å²) in [6, 6.07) is 8.61. The minimum atomic E-state index is -0.225. The summed E-state index contributed by atoms with van der Waals surface area (Å²) in [7, 11) is 0. The molecule has 1 heterocycles. The summed E-state index contributed by atoms with van der Waals surface area (Å²) < 4.78 is 0.907. The average molecular weight is 306 g/mol. The number of nitrogen functional groups attached to an aromatic ring is 1. The number of anilines is 2. The molecule has 0 saturated carbocycles. The number of pyridine rings is 1. The Morgan fingerprint density at radius 1 is 1.39 bits per heavy atom. The first-order valence-corrected chi connectivity index (χ1v) is 6.14. The topological polar surface area (TPSA) is 68.0 Å². The zero-order chi connectivity index (χ0) is 13.1. The highest BCUT2D eigenvalue weighted by Gasteiger charge is 2.07. The van der Waals surface area contributed by atoms with Gasteiger partial charge < -0.3 is 11.1 Å². The predicted octanol–water partition coefficient (Wildman–Crippen LogP) is 2.99. The minimum absolute atomic E-state index is 0.225. The van der Waals surface area contributed by atoms with E-state index >= 15 is 0 Å². The lowest BCUT2D eigenvalue weighted by Crippen LogP contribution is -2.13. The zero-order valence-corrected chi connectivity index (χ0v) is 11.4. The average Bonchev–Trinajstić information content (AvgIpc) is 2.34. The molecule has 2 aromatic rings. The Balaban J connectivity index is 2.18. The Morgan fingerprint density at radius 3 is 2.83 bits per heavy atom. The van der Waals surface area contributed by atoms with Crippen molar-refractivity contribution in [2.75, 3.05) is 11.1 Å². The SMILES string of the molecule is Cc1cc(NC(=O)c2cccc(N)c2)ncc1Br. The molecule has 18 heavy (non-hydrogen) atoms. The van der Waals surface area contributed by atoms with E-state index in [-0.39, 0.29) is 5.91 Å². The van der Waals surface area contributed by atoms with Crippen molar-refractivity contribution in [1.82, 2.24) is 4.98 Å². The first-order chi connectivity index (χ1) is 8.56. The van der Waals surface area contributed by atoms with Crippen LogP contribution in [0.15, 0.2) is 41.0 Å². The van der Waals surface area contributed by atoms with E-state index in [1.807, 2.05) is 6.92 Å². The van der Waals surface area contributed by atoms with E-state index in [9.17, 15) is 4.79 Å². The van der Waals surface area contributed by atoms with Crippen molar-refractivity contribution < 1.29 is 4.79 Å². The van der Waals surface area contributed by atoms with Crippen LogP contribution in [0.4, 0.5) is 11.5 Å². The highest BCUT2D eigenvalue weighted by atomic mass is 79.9. The smallest absolute Gasteiger partial charge is 0.256 e. The number of carbonyl (C=O) groups is 1. The predicted molar refractivity (Wildman–Crippen MR) is 75.5 cm³/mol. The molecule has 0 radical (unpaired) electrons. The van der Waals surface area contributed by atoms with Gasteiger partial charge in [0.2, 0.25) is 0 Å². The van der Waals surface area contributed by atoms with Gasteiger partial charge in [0.25, 0.3) is 5.91 Å². The van der Waals surface area contributed by atoms with Gasteiger partial charge in [0.1, 0.15) is 5.82 Å². The van der Waals surface area contributed by atoms with Crippen molar-refractivity contribution in [2.24, 2.45) is 0 Å². The number of hydrogen-bond acceptors (Lipinski definition) is 3. The lowest BCUT2D eigenvalue weighted by Gasteiger charge is -2.06. The van der Waals surface area contributed by atoms with Crippen LogP contribution in [-0.2, 0) is 0 Å². The molecule has 0 saturated heterocycles. The van der Waals surface area contributed by atoms with Crippen molar-refractivity contribution in [3.05, 3.63) is 52.1 Å². The highest BCUT2D eigenvalue weighted by molar-refractivity contribution is 9.10. The van der Waals surface area contributed by atoms with Crippen LogP contribution in [-0.4, -0.2) is 10.9 Å². The van der Waals surface area contributed by atoms with Crippen LogP contribution in [0.2, 0.25) is 0 Å². The second-order valence-corrected chi connectivity index (χ2v) is 4.75. The number of hydrogen-bond donors (Lipinski definition) is 2. The molecular formula is C13H12BrN3O. The van der Waals surface area contributed by atoms with Crippen molar-refractivity contribution >= 4 is 33.3 Å². The number of aromatic nitrogens is 1. The molecule has 3 N–H and O–H groups in total. The van der Waals surface area contributed by atoms with Crippen molar-refractivity contribution in [3.63, 3.8) is 0 Å². The molecule has 92 valence electrons. The molecule has 0 atom stereocenters. The molecule has 0 unspecified atom stereocenters. The number of benzene rings is 1. The summed E-state index contributed by atoms with van der Waals surface area (Å²) in [6.45, 7) is 1.93. The molecule has 0 aliphatic heterocycles. The van der Waals surface area contributed by atoms with Gasteiger partial charge in [-0.3, -0.25) is 4.79 Å². The van der Waals surface area contributed by atoms with Gasteiger partial charge in [0.15, 0.2) is 0 Å². The third-order valence-electron chi connectivity index (χ3n) is 2.44. The number of rotatable bonds is 2. The number of carbonyl (C=O) groups excluding carboxylic acids is 1. The van der Waals surface area contributed by atoms with Gasteiger partial charge in [-0.05, 0) is 52.7 Å². The largest absolute Gasteiger partial charge is 0.399 e. The summed E-state index contributed by atoms with van der Waals surface area (Å²) in [5.74, 6) is 0.291. The maximum Gasteiger partial charge on any atom is 0.256 e. The molecule has 1 aromatic carbocycles. The van der Waals surface area contributed by atoms with E-state index in [1.54, 1.807) is 36.5 Å². The van der Waals surface area contributed by atoms with E-state index in [0.29, 0.717) is 17.1 Å². The summed E-state index contributed by atoms with van der Waals surface area (Å²) >= 11 is 3.36. The van der Waals surface area contributed by atoms with Crippen LogP contribution < -0.4 is 11.1 Å². The summed E-state index contributed by atoms with van der Waals surface area (Å²) in [6.07, 6.45) is 1.66. The normalized spacial score (nSPS) is 10.1. The lowest BCUT2D eigenvalue weighted by atomic mass is 10.2. The highest BCUT2D eigenvalue weighted by Crippen LogP contribution is 2.18. The first kappa shape index (κ1) is 12.6. The van der Waals surface area contributed by atoms with Crippen molar-refractivity contribution in [3.8, 4) is 0 Å². The maximum absolute atomic E-state index is 11.9. The molecule has 0 bridgehead atoms. The molecule has 5 heteroatoms. The third-order valence-corrected chi connectivity index (χ3v) is 3.27. The molecule has 0 aliphatic rings. The standard InChI is InChI=1S/C13H12BrN3O/c1-8-5-12(16-7-11(8)14)17-13(18)9-3-2-4-10(15)6-9/h2-7H,15H2,1H3,(H,16,17,18). The molecular weight excluding hydrogens is 294 g/mol. The fourth-order valence-corrected chi connectivity index (χ4v) is 1.69. The van der Waals surface area contributed by atoms with Crippen molar-refractivity contribution in [1.29, 1.82) is 0 Å². The zero-order valence-electron chi connectivity index (χ0n) is 9.77. The molecule has 0 spiro atoms. The summed E-state index contributed by atoms with van der Waals surface area (Å²) in [4.78, 5) is 16.1. The molecule has 4 nitrogen and oxygen atoms in total. The van der Waals surface area contributed by atoms with E-state index in [4.69, 9.17) is 5.73 Å². The number of halogens is 1. The van der Waals surface area contributed by atoms with Crippen LogP contribution in [0, 0.1) is 6.92 Å². The fourth-order valence-electron chi connectivity index (χ4n) is 1.48. The van der Waals surface area contributed by atoms with Crippen LogP contribution in [0.3, 0.4) is 0 Å². The van der Waals surface area contributed by atoms with Crippen LogP contribution in [0.25, 0.3) is 0 Å². The molecule has 0 fully saturated rings. The van der Waals surface area contributed by atoms with Crippen LogP contribution in [0.1, 0.15) is 15.9 Å². The Kier molecular flexibility index (Phi) is 3.62. The number of amides is 1. The second kappa shape index (κ2) is 5.18. The van der Waals surface area contributed by atoms with Gasteiger partial charge in [0, 0.05) is 21.9 Å².